The lowest BCUT2D eigenvalue weighted by atomic mass is 10.0. The molecule has 0 saturated carbocycles. The molecule has 374 valence electrons. The molecule has 0 aliphatic rings. The molecule has 10 N–H and O–H groups in total. The Morgan fingerprint density at radius 3 is 1.55 bits per heavy atom. The standard InChI is InChI=1S/C43H35Cl2N15O10S3/c1-20-6-4-7-24(14-20)47-40-51-38(44)53-42(55-40)49-26-11-10-21(2)29(18-26)57-60-36-32(73(68,69)70)16-23-15-22(3)35(34(46)33(23)37(36)61)59-58-30-19-27(12-13-31(30)72(65,66)67)50-43-54-39(45)52-41(56-43)48-25-8-5-9-28(17-25)71(62,63)64/h4-19,61H,46H2,1-3H3,(H,62,63,64)(H,65,66,67)(H,68,69,70)(H2,47,49,51,53,55)(H2,48,50,52,54,56). The van der Waals surface area contributed by atoms with E-state index in [1.807, 2.05) is 31.2 Å². The molecular formula is C43H35Cl2N15O10S3. The summed E-state index contributed by atoms with van der Waals surface area (Å²) in [6.45, 7) is 5.10. The van der Waals surface area contributed by atoms with Crippen molar-refractivity contribution in [3.8, 4) is 5.75 Å². The highest BCUT2D eigenvalue weighted by Gasteiger charge is 2.26. The number of nitrogen functional groups attached to an aromatic ring is 1. The molecular weight excluding hydrogens is 1050 g/mol. The monoisotopic (exact) mass is 1090 g/mol. The van der Waals surface area contributed by atoms with Gasteiger partial charge in [-0.3, -0.25) is 13.7 Å². The molecule has 8 aromatic rings. The number of rotatable bonds is 15. The van der Waals surface area contributed by atoms with Gasteiger partial charge in [0.1, 0.15) is 26.9 Å². The predicted octanol–water partition coefficient (Wildman–Crippen LogP) is 10.3. The molecule has 0 spiro atoms. The smallest absolute Gasteiger partial charge is 0.296 e. The van der Waals surface area contributed by atoms with E-state index >= 15 is 0 Å². The van der Waals surface area contributed by atoms with E-state index in [-0.39, 0.29) is 79.1 Å². The van der Waals surface area contributed by atoms with Gasteiger partial charge in [-0.2, -0.15) is 60.3 Å². The van der Waals surface area contributed by atoms with E-state index in [1.165, 1.54) is 37.3 Å². The molecule has 0 bridgehead atoms. The number of fused-ring (bicyclic) bond motifs is 1. The molecule has 25 nitrogen and oxygen atoms in total. The number of benzene rings is 6. The summed E-state index contributed by atoms with van der Waals surface area (Å²) in [5.74, 6) is -1.02. The zero-order valence-electron chi connectivity index (χ0n) is 37.5. The Morgan fingerprint density at radius 1 is 0.507 bits per heavy atom. The van der Waals surface area contributed by atoms with E-state index in [9.17, 15) is 44.0 Å². The number of aromatic hydroxyl groups is 1. The second-order valence-corrected chi connectivity index (χ2v) is 20.4. The topological polar surface area (TPSA) is 384 Å². The van der Waals surface area contributed by atoms with Crippen molar-refractivity contribution in [2.75, 3.05) is 27.0 Å². The van der Waals surface area contributed by atoms with E-state index in [1.54, 1.807) is 19.1 Å². The van der Waals surface area contributed by atoms with Crippen LogP contribution in [0.15, 0.2) is 132 Å². The maximum Gasteiger partial charge on any atom is 0.296 e. The van der Waals surface area contributed by atoms with Crippen LogP contribution in [0.4, 0.5) is 75.0 Å². The lowest BCUT2D eigenvalue weighted by Gasteiger charge is -2.14. The molecule has 8 rings (SSSR count). The van der Waals surface area contributed by atoms with Gasteiger partial charge in [0.25, 0.3) is 30.4 Å². The van der Waals surface area contributed by atoms with Gasteiger partial charge in [-0.1, -0.05) is 24.3 Å². The summed E-state index contributed by atoms with van der Waals surface area (Å²) in [6.07, 6.45) is 0. The number of phenolic OH excluding ortho intramolecular Hbond substituents is 1. The van der Waals surface area contributed by atoms with E-state index in [0.717, 1.165) is 35.9 Å². The first kappa shape index (κ1) is 51.3. The summed E-state index contributed by atoms with van der Waals surface area (Å²) in [7, 11) is -14.6. The van der Waals surface area contributed by atoms with Crippen LogP contribution in [-0.4, -0.2) is 73.9 Å². The highest BCUT2D eigenvalue weighted by molar-refractivity contribution is 7.86. The first-order chi connectivity index (χ1) is 34.4. The number of nitrogens with zero attached hydrogens (tertiary/aromatic N) is 10. The van der Waals surface area contributed by atoms with Crippen molar-refractivity contribution in [2.45, 2.75) is 35.5 Å². The summed E-state index contributed by atoms with van der Waals surface area (Å²) in [6, 6.07) is 23.1. The zero-order valence-corrected chi connectivity index (χ0v) is 41.5. The van der Waals surface area contributed by atoms with Crippen molar-refractivity contribution in [3.63, 3.8) is 0 Å². The fourth-order valence-electron chi connectivity index (χ4n) is 6.90. The van der Waals surface area contributed by atoms with Crippen LogP contribution in [-0.2, 0) is 30.4 Å². The van der Waals surface area contributed by atoms with Gasteiger partial charge in [0.15, 0.2) is 5.75 Å². The molecule has 0 aliphatic heterocycles. The molecule has 6 aromatic carbocycles. The highest BCUT2D eigenvalue weighted by Crippen LogP contribution is 2.48. The Balaban J connectivity index is 1.11. The van der Waals surface area contributed by atoms with Crippen molar-refractivity contribution in [3.05, 3.63) is 124 Å². The van der Waals surface area contributed by atoms with Crippen LogP contribution in [0.1, 0.15) is 16.7 Å². The Morgan fingerprint density at radius 2 is 1.00 bits per heavy atom. The van der Waals surface area contributed by atoms with E-state index in [2.05, 4.69) is 71.6 Å². The summed E-state index contributed by atoms with van der Waals surface area (Å²) in [5, 5.41) is 39.2. The third-order valence-electron chi connectivity index (χ3n) is 10.2. The van der Waals surface area contributed by atoms with Crippen LogP contribution < -0.4 is 27.0 Å². The Hall–Kier alpha value is -8.09. The molecule has 30 heteroatoms. The Bertz CT molecular complexity index is 3970. The number of phenols is 1. The second-order valence-electron chi connectivity index (χ2n) is 15.5. The zero-order chi connectivity index (χ0) is 52.6. The third kappa shape index (κ3) is 12.2. The molecule has 0 amide bonds. The number of azo groups is 2. The van der Waals surface area contributed by atoms with Crippen molar-refractivity contribution < 1.29 is 44.0 Å². The molecule has 0 radical (unpaired) electrons. The second kappa shape index (κ2) is 20.2. The summed E-state index contributed by atoms with van der Waals surface area (Å²) >= 11 is 12.3. The minimum Gasteiger partial charge on any atom is -0.505 e. The SMILES string of the molecule is Cc1cccc(Nc2nc(Cl)nc(Nc3ccc(C)c(N=Nc4c(S(=O)(=O)O)cc5cc(C)c(N=Nc6cc(Nc7nc(Cl)nc(Nc8cccc(S(=O)(=O)O)c8)n7)ccc6S(=O)(=O)O)c(N)c5c4O)c3)n2)c1. The number of halogens is 2. The first-order valence-electron chi connectivity index (χ1n) is 20.6. The third-order valence-corrected chi connectivity index (χ3v) is 13.1. The van der Waals surface area contributed by atoms with E-state index < -0.39 is 62.2 Å². The molecule has 2 aromatic heterocycles. The number of hydrogen-bond donors (Lipinski definition) is 9. The lowest BCUT2D eigenvalue weighted by Crippen LogP contribution is -2.05. The summed E-state index contributed by atoms with van der Waals surface area (Å²) in [4.78, 5) is 22.8. The lowest BCUT2D eigenvalue weighted by molar-refractivity contribution is 0.472. The minimum absolute atomic E-state index is 0.00787. The van der Waals surface area contributed by atoms with Gasteiger partial charge in [-0.05, 0) is 139 Å². The minimum atomic E-state index is -5.09. The van der Waals surface area contributed by atoms with Crippen LogP contribution in [0.3, 0.4) is 0 Å². The van der Waals surface area contributed by atoms with Crippen LogP contribution in [0.2, 0.25) is 10.6 Å². The fourth-order valence-corrected chi connectivity index (χ4v) is 9.01. The van der Waals surface area contributed by atoms with Gasteiger partial charge >= 0.3 is 0 Å². The van der Waals surface area contributed by atoms with Gasteiger partial charge in [-0.15, -0.1) is 15.3 Å². The van der Waals surface area contributed by atoms with Crippen molar-refractivity contribution in [1.82, 2.24) is 29.9 Å². The fraction of sp³-hybridized carbons (Fsp3) is 0.0698. The van der Waals surface area contributed by atoms with Crippen LogP contribution in [0.5, 0.6) is 5.75 Å². The summed E-state index contributed by atoms with van der Waals surface area (Å²) < 4.78 is 104. The van der Waals surface area contributed by atoms with Crippen molar-refractivity contribution in [2.24, 2.45) is 20.5 Å². The van der Waals surface area contributed by atoms with E-state index in [0.29, 0.717) is 16.9 Å². The van der Waals surface area contributed by atoms with Gasteiger partial charge in [-0.25, -0.2) is 0 Å². The highest BCUT2D eigenvalue weighted by atomic mass is 35.5. The van der Waals surface area contributed by atoms with Gasteiger partial charge in [0, 0.05) is 22.7 Å². The van der Waals surface area contributed by atoms with Crippen LogP contribution in [0.25, 0.3) is 10.8 Å². The molecule has 0 fully saturated rings. The molecule has 0 saturated heterocycles. The molecule has 0 aliphatic carbocycles. The average molecular weight is 1090 g/mol. The molecule has 2 heterocycles. The maximum atomic E-state index is 12.8. The van der Waals surface area contributed by atoms with Gasteiger partial charge in [0.2, 0.25) is 34.4 Å². The number of aryl methyl sites for hydroxylation is 3. The van der Waals surface area contributed by atoms with Gasteiger partial charge < -0.3 is 32.1 Å². The van der Waals surface area contributed by atoms with Crippen molar-refractivity contribution >= 4 is 139 Å². The van der Waals surface area contributed by atoms with Crippen molar-refractivity contribution in [1.29, 1.82) is 0 Å². The molecule has 0 unspecified atom stereocenters. The normalized spacial score (nSPS) is 12.2. The van der Waals surface area contributed by atoms with Gasteiger partial charge in [0.05, 0.1) is 21.7 Å². The first-order valence-corrected chi connectivity index (χ1v) is 25.6. The average Bonchev–Trinajstić information content (AvgIpc) is 3.28. The largest absolute Gasteiger partial charge is 0.505 e. The summed E-state index contributed by atoms with van der Waals surface area (Å²) in [5.41, 5.74) is 8.23. The molecule has 73 heavy (non-hydrogen) atoms. The number of nitrogens with two attached hydrogens (primary N) is 1. The van der Waals surface area contributed by atoms with E-state index in [4.69, 9.17) is 28.9 Å². The quantitative estimate of drug-likeness (QED) is 0.0262. The Kier molecular flexibility index (Phi) is 14.2. The number of aromatic nitrogens is 6. The maximum absolute atomic E-state index is 12.8. The Labute approximate surface area is 424 Å². The molecule has 0 atom stereocenters. The number of hydrogen-bond acceptors (Lipinski definition) is 22. The predicted molar refractivity (Wildman–Crippen MR) is 271 cm³/mol. The number of anilines is 9. The van der Waals surface area contributed by atoms with Crippen LogP contribution >= 0.6 is 23.2 Å². The van der Waals surface area contributed by atoms with Crippen LogP contribution in [0, 0.1) is 20.8 Å². The number of nitrogens with one attached hydrogen (secondary N) is 4.